The van der Waals surface area contributed by atoms with Crippen LogP contribution in [-0.2, 0) is 22.4 Å². The molecule has 2 aliphatic rings. The smallest absolute Gasteiger partial charge is 0.412 e. The van der Waals surface area contributed by atoms with Crippen LogP contribution in [0.4, 0.5) is 10.5 Å². The number of aliphatic hydroxyl groups excluding tert-OH is 1. The maximum atomic E-state index is 13.2. The van der Waals surface area contributed by atoms with Gasteiger partial charge in [-0.05, 0) is 84.4 Å². The lowest BCUT2D eigenvalue weighted by molar-refractivity contribution is -0.132. The number of ether oxygens (including phenoxy) is 1. The number of likely N-dealkylation sites (tertiary alicyclic amines) is 1. The van der Waals surface area contributed by atoms with Gasteiger partial charge in [-0.2, -0.15) is 0 Å². The van der Waals surface area contributed by atoms with E-state index < -0.39 is 12.2 Å². The zero-order valence-corrected chi connectivity index (χ0v) is 35.8. The largest absolute Gasteiger partial charge is 0.506 e. The number of aromatic amines is 1. The molecular formula is C50H61N5O7. The number of rotatable bonds is 21. The lowest BCUT2D eigenvalue weighted by Gasteiger charge is -2.29. The topological polar surface area (TPSA) is 159 Å². The fraction of sp³-hybridized carbons (Fsp3) is 0.420. The number of pyridine rings is 1. The first kappa shape index (κ1) is 44.5. The fourth-order valence-electron chi connectivity index (χ4n) is 9.42. The average molecular weight is 844 g/mol. The summed E-state index contributed by atoms with van der Waals surface area (Å²) in [5.74, 6) is 0.976. The molecule has 5 aromatic rings. The van der Waals surface area contributed by atoms with E-state index >= 15 is 0 Å². The van der Waals surface area contributed by atoms with Crippen LogP contribution in [-0.4, -0.2) is 107 Å². The molecule has 0 bridgehead atoms. The number of fused-ring (bicyclic) bond motifs is 2. The van der Waals surface area contributed by atoms with Gasteiger partial charge in [0, 0.05) is 68.9 Å². The Balaban J connectivity index is 0.808. The number of unbranched alkanes of at least 4 members (excludes halogenated alkanes) is 1. The first-order chi connectivity index (χ1) is 30.2. The van der Waals surface area contributed by atoms with Gasteiger partial charge in [0.2, 0.25) is 11.5 Å². The maximum absolute atomic E-state index is 13.2. The maximum Gasteiger partial charge on any atom is 0.412 e. The van der Waals surface area contributed by atoms with Crippen LogP contribution in [0.2, 0.25) is 0 Å². The van der Waals surface area contributed by atoms with E-state index in [4.69, 9.17) is 4.74 Å². The van der Waals surface area contributed by atoms with Crippen molar-refractivity contribution in [1.29, 1.82) is 0 Å². The van der Waals surface area contributed by atoms with E-state index in [0.29, 0.717) is 67.6 Å². The Morgan fingerprint density at radius 3 is 2.39 bits per heavy atom. The lowest BCUT2D eigenvalue weighted by Crippen LogP contribution is -2.39. The van der Waals surface area contributed by atoms with Gasteiger partial charge >= 0.3 is 6.09 Å². The summed E-state index contributed by atoms with van der Waals surface area (Å²) in [6.45, 7) is 7.89. The average Bonchev–Trinajstić information content (AvgIpc) is 3.85. The van der Waals surface area contributed by atoms with Crippen molar-refractivity contribution < 1.29 is 29.6 Å². The minimum absolute atomic E-state index is 0.0301. The molecule has 1 unspecified atom stereocenters. The van der Waals surface area contributed by atoms with Crippen LogP contribution in [0.25, 0.3) is 22.0 Å². The molecule has 1 aliphatic carbocycles. The molecule has 2 heterocycles. The quantitative estimate of drug-likeness (QED) is 0.0481. The van der Waals surface area contributed by atoms with Crippen molar-refractivity contribution in [3.63, 3.8) is 0 Å². The molecule has 62 heavy (non-hydrogen) atoms. The molecular weight excluding hydrogens is 783 g/mol. The fourth-order valence-corrected chi connectivity index (χ4v) is 9.42. The number of phenols is 1. The molecule has 4 aromatic carbocycles. The van der Waals surface area contributed by atoms with Gasteiger partial charge in [-0.3, -0.25) is 14.5 Å². The predicted molar refractivity (Wildman–Crippen MR) is 244 cm³/mol. The van der Waals surface area contributed by atoms with Crippen molar-refractivity contribution in [1.82, 2.24) is 20.1 Å². The highest BCUT2D eigenvalue weighted by Crippen LogP contribution is 2.43. The number of carboxylic acid groups (broad SMARTS) is 1. The van der Waals surface area contributed by atoms with E-state index in [1.165, 1.54) is 23.3 Å². The standard InChI is InChI=1S/C50H61N5O7/c1-2-3-24-54(26-23-51-32-46(57)42-16-18-45(56)49-43(42)17-19-47(58)52-49)48(59)22-28-62-27-21-36-11-9-10-35(29-36)20-25-53-33-38-30-40(31-39(38)34-53)55(50(60)61)44-15-8-7-14-41(44)37-12-5-4-6-13-37/h4-19,29,38-40,46,51,56-57H,2-3,20-28,30-34H2,1H3,(H,52,58)(H,60,61)/t38-,39+,40?,46-/m0/s1. The van der Waals surface area contributed by atoms with Crippen LogP contribution in [0.5, 0.6) is 5.75 Å². The highest BCUT2D eigenvalue weighted by Gasteiger charge is 2.44. The molecule has 5 N–H and O–H groups in total. The van der Waals surface area contributed by atoms with Crippen LogP contribution >= 0.6 is 0 Å². The lowest BCUT2D eigenvalue weighted by atomic mass is 10.0. The van der Waals surface area contributed by atoms with Crippen molar-refractivity contribution in [3.05, 3.63) is 130 Å². The Morgan fingerprint density at radius 1 is 0.887 bits per heavy atom. The summed E-state index contributed by atoms with van der Waals surface area (Å²) < 4.78 is 5.96. The molecule has 0 spiro atoms. The van der Waals surface area contributed by atoms with Crippen LogP contribution in [0, 0.1) is 11.8 Å². The molecule has 1 saturated heterocycles. The summed E-state index contributed by atoms with van der Waals surface area (Å²) in [5, 5.41) is 35.3. The van der Waals surface area contributed by atoms with Crippen LogP contribution in [0.3, 0.4) is 0 Å². The van der Waals surface area contributed by atoms with Crippen LogP contribution in [0.15, 0.2) is 108 Å². The van der Waals surface area contributed by atoms with E-state index in [1.807, 2.05) is 59.5 Å². The number of anilines is 1. The minimum atomic E-state index is -0.887. The van der Waals surface area contributed by atoms with Gasteiger partial charge in [0.25, 0.3) is 0 Å². The number of hydrogen-bond acceptors (Lipinski definition) is 8. The minimum Gasteiger partial charge on any atom is -0.506 e. The summed E-state index contributed by atoms with van der Waals surface area (Å²) in [6.07, 6.45) is 3.90. The Kier molecular flexibility index (Phi) is 15.4. The van der Waals surface area contributed by atoms with Gasteiger partial charge in [0.05, 0.1) is 36.9 Å². The number of aromatic hydroxyl groups is 1. The number of carbonyl (C=O) groups excluding carboxylic acids is 1. The number of H-pyrrole nitrogens is 1. The molecule has 1 aromatic heterocycles. The van der Waals surface area contributed by atoms with E-state index in [9.17, 15) is 29.7 Å². The number of phenolic OH excluding ortho intramolecular Hbond substituents is 1. The Labute approximate surface area is 364 Å². The third kappa shape index (κ3) is 11.3. The van der Waals surface area contributed by atoms with Crippen molar-refractivity contribution in [2.75, 3.05) is 63.9 Å². The Hall–Kier alpha value is -5.53. The first-order valence-electron chi connectivity index (χ1n) is 22.2. The number of nitrogens with one attached hydrogen (secondary N) is 2. The number of carbonyl (C=O) groups is 2. The van der Waals surface area contributed by atoms with Crippen LogP contribution in [0.1, 0.15) is 61.8 Å². The number of benzene rings is 4. The Bertz CT molecular complexity index is 2300. The van der Waals surface area contributed by atoms with E-state index in [0.717, 1.165) is 75.0 Å². The molecule has 12 heteroatoms. The van der Waals surface area contributed by atoms with Gasteiger partial charge < -0.3 is 40.2 Å². The van der Waals surface area contributed by atoms with Gasteiger partial charge in [0.15, 0.2) is 0 Å². The molecule has 12 nitrogen and oxygen atoms in total. The summed E-state index contributed by atoms with van der Waals surface area (Å²) in [7, 11) is 0. The Morgan fingerprint density at radius 2 is 1.63 bits per heavy atom. The van der Waals surface area contributed by atoms with E-state index in [-0.39, 0.29) is 29.8 Å². The van der Waals surface area contributed by atoms with Gasteiger partial charge in [-0.25, -0.2) is 4.79 Å². The molecule has 328 valence electrons. The normalized spacial score (nSPS) is 17.9. The van der Waals surface area contributed by atoms with Crippen molar-refractivity contribution in [3.8, 4) is 16.9 Å². The molecule has 0 radical (unpaired) electrons. The predicted octanol–water partition coefficient (Wildman–Crippen LogP) is 7.24. The number of amides is 2. The molecule has 7 rings (SSSR count). The third-order valence-electron chi connectivity index (χ3n) is 12.6. The van der Waals surface area contributed by atoms with Gasteiger partial charge in [-0.15, -0.1) is 0 Å². The summed E-state index contributed by atoms with van der Waals surface area (Å²) >= 11 is 0. The second kappa shape index (κ2) is 21.5. The molecule has 1 saturated carbocycles. The number of nitrogens with zero attached hydrogens (tertiary/aromatic N) is 3. The summed E-state index contributed by atoms with van der Waals surface area (Å²) in [5.41, 5.74) is 5.80. The number of aromatic nitrogens is 1. The van der Waals surface area contributed by atoms with E-state index in [1.54, 1.807) is 17.0 Å². The number of aliphatic hydroxyl groups is 1. The highest BCUT2D eigenvalue weighted by atomic mass is 16.5. The number of hydrogen-bond donors (Lipinski definition) is 5. The van der Waals surface area contributed by atoms with Gasteiger partial charge in [0.1, 0.15) is 5.75 Å². The van der Waals surface area contributed by atoms with Crippen molar-refractivity contribution in [2.24, 2.45) is 11.8 Å². The molecule has 2 fully saturated rings. The summed E-state index contributed by atoms with van der Waals surface area (Å²) in [6, 6.07) is 32.6. The van der Waals surface area contributed by atoms with Crippen molar-refractivity contribution >= 4 is 28.6 Å². The second-order valence-corrected chi connectivity index (χ2v) is 16.9. The molecule has 4 atom stereocenters. The molecule has 2 amide bonds. The molecule has 1 aliphatic heterocycles. The highest BCUT2D eigenvalue weighted by molar-refractivity contribution is 5.93. The second-order valence-electron chi connectivity index (χ2n) is 16.9. The number of para-hydroxylation sites is 1. The van der Waals surface area contributed by atoms with E-state index in [2.05, 4.69) is 46.4 Å². The van der Waals surface area contributed by atoms with Crippen molar-refractivity contribution in [2.45, 2.75) is 64.0 Å². The van der Waals surface area contributed by atoms with Gasteiger partial charge in [-0.1, -0.05) is 92.2 Å². The monoisotopic (exact) mass is 843 g/mol. The zero-order valence-electron chi connectivity index (χ0n) is 35.8. The third-order valence-corrected chi connectivity index (χ3v) is 12.6. The first-order valence-corrected chi connectivity index (χ1v) is 22.2. The van der Waals surface area contributed by atoms with Crippen LogP contribution < -0.4 is 15.8 Å². The SMILES string of the molecule is CCCCN(CCNC[C@H](O)c1ccc(O)c2[nH]c(=O)ccc12)C(=O)CCOCCc1cccc(CCN2C[C@H]3CC(N(C(=O)O)c4ccccc4-c4ccccc4)C[C@H]3C2)c1. The zero-order chi connectivity index (χ0) is 43.4. The summed E-state index contributed by atoms with van der Waals surface area (Å²) in [4.78, 5) is 46.4.